The molecule has 6 rings (SSSR count). The molecule has 2 aliphatic heterocycles. The van der Waals surface area contributed by atoms with E-state index in [1.165, 1.54) is 99.1 Å². The number of rotatable bonds is 6. The van der Waals surface area contributed by atoms with Gasteiger partial charge in [0.25, 0.3) is 23.6 Å². The number of hydrogen-bond donors (Lipinski definition) is 0. The molecule has 4 amide bonds. The zero-order valence-electron chi connectivity index (χ0n) is 22.7. The molecule has 0 saturated heterocycles. The van der Waals surface area contributed by atoms with Gasteiger partial charge < -0.3 is 14.2 Å². The molecule has 0 atom stereocenters. The summed E-state index contributed by atoms with van der Waals surface area (Å²) >= 11 is 0. The Hall–Kier alpha value is -6.10. The van der Waals surface area contributed by atoms with Crippen LogP contribution < -0.4 is 14.5 Å². The van der Waals surface area contributed by atoms with Crippen molar-refractivity contribution in [1.29, 1.82) is 0 Å². The van der Waals surface area contributed by atoms with Crippen molar-refractivity contribution >= 4 is 46.9 Å². The molecular formula is C32H20N2O9. The SMILES string of the molecule is COC(=O)c1cccc(N2C(=O)c3ccc(Oc4ccc5c(c4)C(=O)N(c4cccc(C(=O)OC)c4)C5=O)cc3C2=O)c1. The molecule has 212 valence electrons. The van der Waals surface area contributed by atoms with E-state index in [1.54, 1.807) is 0 Å². The van der Waals surface area contributed by atoms with Crippen LogP contribution in [-0.4, -0.2) is 49.8 Å². The Morgan fingerprint density at radius 2 is 0.907 bits per heavy atom. The maximum atomic E-state index is 13.3. The summed E-state index contributed by atoms with van der Waals surface area (Å²) in [5, 5.41) is 0. The number of carbonyl (C=O) groups excluding carboxylic acids is 6. The normalized spacial score (nSPS) is 13.6. The van der Waals surface area contributed by atoms with E-state index >= 15 is 0 Å². The van der Waals surface area contributed by atoms with Crippen LogP contribution in [0.4, 0.5) is 11.4 Å². The van der Waals surface area contributed by atoms with E-state index in [9.17, 15) is 28.8 Å². The van der Waals surface area contributed by atoms with E-state index < -0.39 is 35.6 Å². The largest absolute Gasteiger partial charge is 0.465 e. The lowest BCUT2D eigenvalue weighted by atomic mass is 10.1. The minimum Gasteiger partial charge on any atom is -0.465 e. The van der Waals surface area contributed by atoms with Crippen molar-refractivity contribution < 1.29 is 43.0 Å². The molecule has 0 bridgehead atoms. The third-order valence-electron chi connectivity index (χ3n) is 7.00. The number of amides is 4. The molecule has 0 N–H and O–H groups in total. The van der Waals surface area contributed by atoms with E-state index in [1.807, 2.05) is 0 Å². The lowest BCUT2D eigenvalue weighted by molar-refractivity contribution is 0.0592. The Balaban J connectivity index is 1.25. The number of anilines is 2. The number of carbonyl (C=O) groups is 6. The van der Waals surface area contributed by atoms with Crippen molar-refractivity contribution in [2.45, 2.75) is 0 Å². The smallest absolute Gasteiger partial charge is 0.337 e. The number of methoxy groups -OCH3 is 2. The molecule has 0 saturated carbocycles. The Bertz CT molecular complexity index is 1780. The third-order valence-corrected chi connectivity index (χ3v) is 7.00. The number of benzene rings is 4. The minimum atomic E-state index is -0.610. The predicted molar refractivity (Wildman–Crippen MR) is 151 cm³/mol. The summed E-state index contributed by atoms with van der Waals surface area (Å²) in [6, 6.07) is 20.7. The van der Waals surface area contributed by atoms with Gasteiger partial charge in [0.15, 0.2) is 0 Å². The summed E-state index contributed by atoms with van der Waals surface area (Å²) in [7, 11) is 2.46. The summed E-state index contributed by atoms with van der Waals surface area (Å²) < 4.78 is 15.4. The molecule has 11 heteroatoms. The highest BCUT2D eigenvalue weighted by Gasteiger charge is 2.39. The molecule has 0 spiro atoms. The maximum Gasteiger partial charge on any atom is 0.337 e. The molecule has 43 heavy (non-hydrogen) atoms. The highest BCUT2D eigenvalue weighted by atomic mass is 16.5. The average molecular weight is 577 g/mol. The molecule has 4 aromatic rings. The lowest BCUT2D eigenvalue weighted by Gasteiger charge is -2.14. The van der Waals surface area contributed by atoms with E-state index in [0.717, 1.165) is 9.80 Å². The number of fused-ring (bicyclic) bond motifs is 2. The maximum absolute atomic E-state index is 13.3. The van der Waals surface area contributed by atoms with E-state index in [0.29, 0.717) is 0 Å². The first-order valence-corrected chi connectivity index (χ1v) is 12.8. The lowest BCUT2D eigenvalue weighted by Crippen LogP contribution is -2.29. The standard InChI is InChI=1S/C32H20N2O9/c1-41-31(39)17-5-3-7-19(13-17)33-27(35)23-11-9-21(15-25(23)29(33)37)43-22-10-12-24-26(16-22)30(38)34(28(24)36)20-8-4-6-18(14-20)32(40)42-2/h3-16H,1-2H3. The summed E-state index contributed by atoms with van der Waals surface area (Å²) in [4.78, 5) is 78.5. The van der Waals surface area contributed by atoms with Gasteiger partial charge in [-0.25, -0.2) is 19.4 Å². The summed E-state index contributed by atoms with van der Waals surface area (Å²) in [5.41, 5.74) is 1.27. The van der Waals surface area contributed by atoms with Crippen LogP contribution in [0.2, 0.25) is 0 Å². The van der Waals surface area contributed by atoms with E-state index in [2.05, 4.69) is 0 Å². The van der Waals surface area contributed by atoms with Crippen LogP contribution >= 0.6 is 0 Å². The summed E-state index contributed by atoms with van der Waals surface area (Å²) in [5.74, 6) is -3.13. The minimum absolute atomic E-state index is 0.0926. The monoisotopic (exact) mass is 576 g/mol. The van der Waals surface area contributed by atoms with Crippen LogP contribution in [0.15, 0.2) is 84.9 Å². The highest BCUT2D eigenvalue weighted by molar-refractivity contribution is 6.35. The van der Waals surface area contributed by atoms with Crippen LogP contribution in [0.3, 0.4) is 0 Å². The molecule has 0 fully saturated rings. The van der Waals surface area contributed by atoms with Crippen LogP contribution in [0.1, 0.15) is 62.1 Å². The van der Waals surface area contributed by atoms with Crippen molar-refractivity contribution in [3.05, 3.63) is 118 Å². The van der Waals surface area contributed by atoms with Gasteiger partial charge in [-0.1, -0.05) is 12.1 Å². The molecule has 0 aliphatic carbocycles. The number of imide groups is 2. The van der Waals surface area contributed by atoms with Gasteiger partial charge in [0, 0.05) is 0 Å². The quantitative estimate of drug-likeness (QED) is 0.237. The van der Waals surface area contributed by atoms with Gasteiger partial charge in [0.2, 0.25) is 0 Å². The Labute approximate surface area is 243 Å². The molecule has 0 unspecified atom stereocenters. The van der Waals surface area contributed by atoms with Gasteiger partial charge in [0.05, 0.1) is 59.0 Å². The van der Waals surface area contributed by atoms with Gasteiger partial charge >= 0.3 is 11.9 Å². The van der Waals surface area contributed by atoms with Crippen LogP contribution in [0.25, 0.3) is 0 Å². The van der Waals surface area contributed by atoms with Gasteiger partial charge in [-0.3, -0.25) is 19.2 Å². The van der Waals surface area contributed by atoms with Gasteiger partial charge in [0.1, 0.15) is 11.5 Å². The third kappa shape index (κ3) is 4.49. The molecule has 11 nitrogen and oxygen atoms in total. The van der Waals surface area contributed by atoms with Crippen molar-refractivity contribution in [3.63, 3.8) is 0 Å². The van der Waals surface area contributed by atoms with Gasteiger partial charge in [-0.15, -0.1) is 0 Å². The fraction of sp³-hybridized carbons (Fsp3) is 0.0625. The summed E-state index contributed by atoms with van der Waals surface area (Å²) in [6.07, 6.45) is 0. The molecular weight excluding hydrogens is 556 g/mol. The van der Waals surface area contributed by atoms with E-state index in [4.69, 9.17) is 14.2 Å². The van der Waals surface area contributed by atoms with Crippen molar-refractivity contribution in [2.24, 2.45) is 0 Å². The van der Waals surface area contributed by atoms with Gasteiger partial charge in [-0.05, 0) is 72.8 Å². The molecule has 2 aliphatic rings. The molecule has 0 aromatic heterocycles. The number of esters is 2. The van der Waals surface area contributed by atoms with Crippen LogP contribution in [-0.2, 0) is 9.47 Å². The highest BCUT2D eigenvalue weighted by Crippen LogP contribution is 2.35. The molecule has 0 radical (unpaired) electrons. The number of ether oxygens (including phenoxy) is 3. The zero-order valence-corrected chi connectivity index (χ0v) is 22.7. The van der Waals surface area contributed by atoms with Crippen LogP contribution in [0, 0.1) is 0 Å². The first-order chi connectivity index (χ1) is 20.7. The fourth-order valence-electron chi connectivity index (χ4n) is 4.95. The van der Waals surface area contributed by atoms with Crippen molar-refractivity contribution in [3.8, 4) is 11.5 Å². The number of hydrogen-bond acceptors (Lipinski definition) is 9. The first kappa shape index (κ1) is 27.1. The van der Waals surface area contributed by atoms with Crippen molar-refractivity contribution in [2.75, 3.05) is 24.0 Å². The second-order valence-electron chi connectivity index (χ2n) is 9.49. The molecule has 2 heterocycles. The first-order valence-electron chi connectivity index (χ1n) is 12.8. The number of nitrogens with zero attached hydrogens (tertiary/aromatic N) is 2. The second kappa shape index (κ2) is 10.4. The Morgan fingerprint density at radius 3 is 1.30 bits per heavy atom. The van der Waals surface area contributed by atoms with E-state index in [-0.39, 0.29) is 56.3 Å². The predicted octanol–water partition coefficient (Wildman–Crippen LogP) is 4.65. The fourth-order valence-corrected chi connectivity index (χ4v) is 4.95. The Kier molecular flexibility index (Phi) is 6.54. The zero-order chi connectivity index (χ0) is 30.4. The molecule has 4 aromatic carbocycles. The average Bonchev–Trinajstić information content (AvgIpc) is 3.43. The second-order valence-corrected chi connectivity index (χ2v) is 9.49. The van der Waals surface area contributed by atoms with Crippen molar-refractivity contribution in [1.82, 2.24) is 0 Å². The summed E-state index contributed by atoms with van der Waals surface area (Å²) in [6.45, 7) is 0. The Morgan fingerprint density at radius 1 is 0.512 bits per heavy atom. The topological polar surface area (TPSA) is 137 Å². The van der Waals surface area contributed by atoms with Gasteiger partial charge in [-0.2, -0.15) is 0 Å². The van der Waals surface area contributed by atoms with Crippen LogP contribution in [0.5, 0.6) is 11.5 Å².